The summed E-state index contributed by atoms with van der Waals surface area (Å²) < 4.78 is 7.34. The minimum atomic E-state index is 0.554. The largest absolute Gasteiger partial charge is 0.493 e. The topological polar surface area (TPSA) is 53.1 Å². The maximum atomic E-state index is 6.18. The summed E-state index contributed by atoms with van der Waals surface area (Å²) in [5, 5.41) is 4.61. The molecular weight excluding hydrogens is 250 g/mol. The Morgan fingerprint density at radius 3 is 2.95 bits per heavy atom. The Kier molecular flexibility index (Phi) is 3.16. The van der Waals surface area contributed by atoms with Crippen LogP contribution in [0.5, 0.6) is 5.75 Å². The monoisotopic (exact) mass is 271 g/mol. The third kappa shape index (κ3) is 2.15. The van der Waals surface area contributed by atoms with Crippen molar-refractivity contribution in [3.63, 3.8) is 0 Å². The second-order valence-electron chi connectivity index (χ2n) is 5.85. The van der Waals surface area contributed by atoms with E-state index in [1.54, 1.807) is 4.68 Å². The van der Waals surface area contributed by atoms with Gasteiger partial charge in [0.05, 0.1) is 12.3 Å². The molecule has 1 aromatic carbocycles. The SMILES string of the molecule is CC(C)Cc1c(-c2ccc3c(c2)CCO3)nn(C)c1N. The summed E-state index contributed by atoms with van der Waals surface area (Å²) in [6.07, 6.45) is 1.92. The van der Waals surface area contributed by atoms with Crippen molar-refractivity contribution < 1.29 is 4.74 Å². The first kappa shape index (κ1) is 13.0. The van der Waals surface area contributed by atoms with Crippen LogP contribution in [-0.4, -0.2) is 16.4 Å². The first-order chi connectivity index (χ1) is 9.56. The first-order valence-electron chi connectivity index (χ1n) is 7.13. The van der Waals surface area contributed by atoms with Crippen molar-refractivity contribution >= 4 is 5.82 Å². The number of hydrogen-bond acceptors (Lipinski definition) is 3. The van der Waals surface area contributed by atoms with Crippen molar-refractivity contribution in [2.45, 2.75) is 26.7 Å². The zero-order valence-corrected chi connectivity index (χ0v) is 12.3. The van der Waals surface area contributed by atoms with Crippen molar-refractivity contribution in [3.05, 3.63) is 29.3 Å². The van der Waals surface area contributed by atoms with E-state index < -0.39 is 0 Å². The highest BCUT2D eigenvalue weighted by atomic mass is 16.5. The van der Waals surface area contributed by atoms with Crippen LogP contribution in [0.2, 0.25) is 0 Å². The minimum Gasteiger partial charge on any atom is -0.493 e. The highest BCUT2D eigenvalue weighted by molar-refractivity contribution is 5.70. The second-order valence-corrected chi connectivity index (χ2v) is 5.85. The van der Waals surface area contributed by atoms with Gasteiger partial charge in [-0.25, -0.2) is 0 Å². The zero-order valence-electron chi connectivity index (χ0n) is 12.3. The van der Waals surface area contributed by atoms with Gasteiger partial charge in [0.2, 0.25) is 0 Å². The predicted octanol–water partition coefficient (Wildman–Crippen LogP) is 2.80. The van der Waals surface area contributed by atoms with Gasteiger partial charge in [0.15, 0.2) is 0 Å². The molecule has 106 valence electrons. The van der Waals surface area contributed by atoms with Crippen LogP contribution in [-0.2, 0) is 19.9 Å². The minimum absolute atomic E-state index is 0.554. The number of hydrogen-bond donors (Lipinski definition) is 1. The molecule has 20 heavy (non-hydrogen) atoms. The summed E-state index contributed by atoms with van der Waals surface area (Å²) in [6, 6.07) is 6.31. The lowest BCUT2D eigenvalue weighted by molar-refractivity contribution is 0.357. The third-order valence-corrected chi connectivity index (χ3v) is 3.77. The fourth-order valence-corrected chi connectivity index (χ4v) is 2.76. The quantitative estimate of drug-likeness (QED) is 0.934. The Morgan fingerprint density at radius 1 is 1.40 bits per heavy atom. The van der Waals surface area contributed by atoms with Gasteiger partial charge in [-0.15, -0.1) is 0 Å². The number of aromatic nitrogens is 2. The zero-order chi connectivity index (χ0) is 14.3. The highest BCUT2D eigenvalue weighted by Gasteiger charge is 2.19. The number of benzene rings is 1. The molecule has 2 N–H and O–H groups in total. The number of nitrogen functional groups attached to an aromatic ring is 1. The number of nitrogens with two attached hydrogens (primary N) is 1. The van der Waals surface area contributed by atoms with Gasteiger partial charge in [0.25, 0.3) is 0 Å². The van der Waals surface area contributed by atoms with Crippen molar-refractivity contribution in [1.29, 1.82) is 0 Å². The molecule has 0 amide bonds. The lowest BCUT2D eigenvalue weighted by atomic mass is 9.98. The first-order valence-corrected chi connectivity index (χ1v) is 7.13. The van der Waals surface area contributed by atoms with Crippen molar-refractivity contribution in [2.24, 2.45) is 13.0 Å². The van der Waals surface area contributed by atoms with Gasteiger partial charge in [0.1, 0.15) is 11.6 Å². The predicted molar refractivity (Wildman–Crippen MR) is 80.8 cm³/mol. The molecule has 4 heteroatoms. The van der Waals surface area contributed by atoms with Gasteiger partial charge in [0, 0.05) is 24.6 Å². The maximum absolute atomic E-state index is 6.18. The maximum Gasteiger partial charge on any atom is 0.125 e. The van der Waals surface area contributed by atoms with E-state index in [0.29, 0.717) is 5.92 Å². The number of anilines is 1. The standard InChI is InChI=1S/C16H21N3O/c1-10(2)8-13-15(18-19(3)16(13)17)12-4-5-14-11(9-12)6-7-20-14/h4-5,9-10H,6-8,17H2,1-3H3. The Balaban J connectivity index is 2.07. The highest BCUT2D eigenvalue weighted by Crippen LogP contribution is 2.33. The van der Waals surface area contributed by atoms with Gasteiger partial charge < -0.3 is 10.5 Å². The van der Waals surface area contributed by atoms with Crippen LogP contribution in [0.15, 0.2) is 18.2 Å². The van der Waals surface area contributed by atoms with Crippen LogP contribution in [0.1, 0.15) is 25.0 Å². The van der Waals surface area contributed by atoms with Gasteiger partial charge in [-0.2, -0.15) is 5.10 Å². The van der Waals surface area contributed by atoms with Gasteiger partial charge >= 0.3 is 0 Å². The molecule has 2 heterocycles. The van der Waals surface area contributed by atoms with Crippen LogP contribution in [0.4, 0.5) is 5.82 Å². The molecule has 1 aliphatic rings. The lowest BCUT2D eigenvalue weighted by Gasteiger charge is -2.08. The molecular formula is C16H21N3O. The Bertz CT molecular complexity index is 643. The Hall–Kier alpha value is -1.97. The fourth-order valence-electron chi connectivity index (χ4n) is 2.76. The van der Waals surface area contributed by atoms with E-state index in [9.17, 15) is 0 Å². The number of aryl methyl sites for hydroxylation is 1. The molecule has 0 bridgehead atoms. The average Bonchev–Trinajstić information content (AvgIpc) is 2.97. The van der Waals surface area contributed by atoms with Gasteiger partial charge in [-0.1, -0.05) is 13.8 Å². The molecule has 4 nitrogen and oxygen atoms in total. The molecule has 0 atom stereocenters. The molecule has 1 aromatic heterocycles. The summed E-state index contributed by atoms with van der Waals surface area (Å²) in [4.78, 5) is 0. The van der Waals surface area contributed by atoms with Crippen molar-refractivity contribution in [1.82, 2.24) is 9.78 Å². The number of rotatable bonds is 3. The molecule has 0 saturated heterocycles. The smallest absolute Gasteiger partial charge is 0.125 e. The molecule has 0 radical (unpaired) electrons. The molecule has 0 unspecified atom stereocenters. The second kappa shape index (κ2) is 4.85. The third-order valence-electron chi connectivity index (χ3n) is 3.77. The summed E-state index contributed by atoms with van der Waals surface area (Å²) in [5.74, 6) is 2.33. The van der Waals surface area contributed by atoms with Crippen molar-refractivity contribution in [3.8, 4) is 17.0 Å². The van der Waals surface area contributed by atoms with Gasteiger partial charge in [-0.05, 0) is 36.1 Å². The van der Waals surface area contributed by atoms with Crippen LogP contribution in [0.25, 0.3) is 11.3 Å². The molecule has 0 aliphatic carbocycles. The van der Waals surface area contributed by atoms with Crippen LogP contribution in [0, 0.1) is 5.92 Å². The summed E-state index contributed by atoms with van der Waals surface area (Å²) in [5.41, 5.74) is 10.7. The number of ether oxygens (including phenoxy) is 1. The van der Waals surface area contributed by atoms with Crippen LogP contribution < -0.4 is 10.5 Å². The van der Waals surface area contributed by atoms with Crippen LogP contribution >= 0.6 is 0 Å². The molecule has 0 saturated carbocycles. The average molecular weight is 271 g/mol. The van der Waals surface area contributed by atoms with E-state index in [4.69, 9.17) is 10.5 Å². The van der Waals surface area contributed by atoms with Crippen LogP contribution in [0.3, 0.4) is 0 Å². The van der Waals surface area contributed by atoms with Gasteiger partial charge in [-0.3, -0.25) is 4.68 Å². The van der Waals surface area contributed by atoms with E-state index in [-0.39, 0.29) is 0 Å². The normalized spacial score (nSPS) is 13.6. The fraction of sp³-hybridized carbons (Fsp3) is 0.438. The van der Waals surface area contributed by atoms with E-state index in [2.05, 4.69) is 31.1 Å². The molecule has 2 aromatic rings. The van der Waals surface area contributed by atoms with E-state index in [0.717, 1.165) is 47.8 Å². The molecule has 1 aliphatic heterocycles. The summed E-state index contributed by atoms with van der Waals surface area (Å²) >= 11 is 0. The van der Waals surface area contributed by atoms with Crippen molar-refractivity contribution in [2.75, 3.05) is 12.3 Å². The lowest BCUT2D eigenvalue weighted by Crippen LogP contribution is -2.02. The number of fused-ring (bicyclic) bond motifs is 1. The molecule has 0 spiro atoms. The number of nitrogens with zero attached hydrogens (tertiary/aromatic N) is 2. The summed E-state index contributed by atoms with van der Waals surface area (Å²) in [7, 11) is 1.90. The van der Waals surface area contributed by atoms with E-state index >= 15 is 0 Å². The van der Waals surface area contributed by atoms with E-state index in [1.807, 2.05) is 13.1 Å². The molecule has 0 fully saturated rings. The van der Waals surface area contributed by atoms with E-state index in [1.165, 1.54) is 5.56 Å². The molecule has 3 rings (SSSR count). The Labute approximate surface area is 119 Å². The summed E-state index contributed by atoms with van der Waals surface area (Å²) in [6.45, 7) is 5.18. The Morgan fingerprint density at radius 2 is 2.20 bits per heavy atom.